The SMILES string of the molecule is Br.C.CC(=O)O.CC(c1cccc(CN2CCCN(P)CCN(P)CCCN(P)CC2)c1)c1cccc(CN2CCCN(P)CCN(P)CCCN(P)CC2)c1.CC(c1cccc(CN2CCCNCCNCCCNCC2)c1)c1cccc(CN2CCCNCCNCCCNCC2)c1.O. The number of halogens is 1. The van der Waals surface area contributed by atoms with Gasteiger partial charge in [0.1, 0.15) is 0 Å². The van der Waals surface area contributed by atoms with Crippen LogP contribution in [-0.2, 0) is 31.0 Å². The minimum Gasteiger partial charge on any atom is -0.481 e. The molecule has 19 nitrogen and oxygen atoms in total. The van der Waals surface area contributed by atoms with Crippen molar-refractivity contribution < 1.29 is 15.4 Å². The summed E-state index contributed by atoms with van der Waals surface area (Å²) < 4.78 is 14.4. The molecule has 0 radical (unpaired) electrons. The molecule has 0 aliphatic carbocycles. The van der Waals surface area contributed by atoms with Crippen LogP contribution in [0.5, 0.6) is 0 Å². The summed E-state index contributed by atoms with van der Waals surface area (Å²) in [4.78, 5) is 19.6. The van der Waals surface area contributed by atoms with E-state index < -0.39 is 5.97 Å². The van der Waals surface area contributed by atoms with E-state index in [1.165, 1.54) is 95.9 Å². The first-order valence-corrected chi connectivity index (χ1v) is 40.4. The number of nitrogens with one attached hydrogen (secondary N) is 6. The van der Waals surface area contributed by atoms with Crippen LogP contribution in [0.3, 0.4) is 0 Å². The van der Waals surface area contributed by atoms with Gasteiger partial charge in [-0.2, -0.15) is 0 Å². The summed E-state index contributed by atoms with van der Waals surface area (Å²) in [6, 6.07) is 37.5. The predicted octanol–water partition coefficient (Wildman–Crippen LogP) is 8.63. The van der Waals surface area contributed by atoms with Gasteiger partial charge in [0.05, 0.1) is 0 Å². The smallest absolute Gasteiger partial charge is 0.300 e. The Morgan fingerprint density at radius 1 is 0.337 bits per heavy atom. The Morgan fingerprint density at radius 2 is 0.554 bits per heavy atom. The molecule has 4 aromatic rings. The van der Waals surface area contributed by atoms with Gasteiger partial charge in [0.2, 0.25) is 0 Å². The lowest BCUT2D eigenvalue weighted by Crippen LogP contribution is -2.36. The van der Waals surface area contributed by atoms with Gasteiger partial charge >= 0.3 is 0 Å². The van der Waals surface area contributed by atoms with Crippen molar-refractivity contribution in [1.29, 1.82) is 0 Å². The molecule has 0 bridgehead atoms. The van der Waals surface area contributed by atoms with E-state index in [0.717, 1.165) is 243 Å². The molecular formula is C75H141BrN16O3P6. The van der Waals surface area contributed by atoms with E-state index in [0.29, 0.717) is 11.8 Å². The van der Waals surface area contributed by atoms with Crippen LogP contribution in [0.4, 0.5) is 0 Å². The standard InChI is InChI=1S/C36H68N8P6.C36H62N8.C2H4O2.CH4.BrH.H2O/c1-32(35-10-2-8-33(28-35)30-37-12-4-14-41(47)24-26-43(49)18-6-16-39(45)22-20-37)36-11-3-9-34(29-36)31-38-13-5-15-42(48)25-27-44(50)19-7-17-40(46)23-21-38;1-32(35-10-2-8-33(28-35)30-43-24-6-16-39-20-18-37-12-4-14-41-22-26-43)36-11-3-9-34(29-36)31-44-25-7-17-40-21-19-38-13-5-15-42-23-27-44;1-2(3)4;;;/h2-3,8-11,28-29,32H,4-7,12-27,30-31,45-50H2,1H3;2-3,8-11,28-29,32,37-42H,4-7,12-27,30-31H2,1H3;1H3,(H,3,4);1H4;1H;1H2. The number of carboxylic acids is 1. The topological polar surface area (TPSA) is 173 Å². The Labute approximate surface area is 638 Å². The van der Waals surface area contributed by atoms with Crippen molar-refractivity contribution in [3.05, 3.63) is 142 Å². The highest BCUT2D eigenvalue weighted by molar-refractivity contribution is 8.93. The van der Waals surface area contributed by atoms with Gasteiger partial charge in [0.15, 0.2) is 0 Å². The van der Waals surface area contributed by atoms with Gasteiger partial charge in [-0.05, 0) is 161 Å². The zero-order chi connectivity index (χ0) is 69.8. The Morgan fingerprint density at radius 3 is 0.832 bits per heavy atom. The average molecular weight is 1580 g/mol. The van der Waals surface area contributed by atoms with Crippen molar-refractivity contribution >= 4 is 79.3 Å². The van der Waals surface area contributed by atoms with Gasteiger partial charge in [-0.15, -0.1) is 17.0 Å². The van der Waals surface area contributed by atoms with Gasteiger partial charge in [0.25, 0.3) is 5.97 Å². The quantitative estimate of drug-likeness (QED) is 0.0672. The molecule has 6 atom stereocenters. The number of hydrogen-bond acceptors (Lipinski definition) is 17. The summed E-state index contributed by atoms with van der Waals surface area (Å²) in [5, 5.41) is 29.0. The van der Waals surface area contributed by atoms with Gasteiger partial charge in [-0.1, -0.05) is 175 Å². The van der Waals surface area contributed by atoms with Crippen LogP contribution in [0, 0.1) is 0 Å². The molecule has 26 heteroatoms. The molecule has 4 heterocycles. The van der Waals surface area contributed by atoms with Gasteiger partial charge in [-0.25, -0.2) is 0 Å². The number of hydrogen-bond donors (Lipinski definition) is 7. The van der Waals surface area contributed by atoms with Crippen LogP contribution in [0.25, 0.3) is 0 Å². The lowest BCUT2D eigenvalue weighted by atomic mass is 9.91. The predicted molar refractivity (Wildman–Crippen MR) is 458 cm³/mol. The highest BCUT2D eigenvalue weighted by atomic mass is 79.9. The van der Waals surface area contributed by atoms with Crippen LogP contribution in [0.2, 0.25) is 0 Å². The summed E-state index contributed by atoms with van der Waals surface area (Å²) in [5.74, 6) is -0.117. The highest BCUT2D eigenvalue weighted by Crippen LogP contribution is 2.29. The van der Waals surface area contributed by atoms with Crippen molar-refractivity contribution in [3.8, 4) is 0 Å². The maximum atomic E-state index is 9.00. The second-order valence-corrected chi connectivity index (χ2v) is 32.0. The third-order valence-electron chi connectivity index (χ3n) is 19.0. The van der Waals surface area contributed by atoms with Crippen LogP contribution < -0.4 is 31.9 Å². The van der Waals surface area contributed by atoms with Gasteiger partial charge in [-0.3, -0.25) is 52.4 Å². The average Bonchev–Trinajstić information content (AvgIpc) is 0.844. The van der Waals surface area contributed by atoms with E-state index >= 15 is 0 Å². The molecule has 0 saturated carbocycles. The fourth-order valence-electron chi connectivity index (χ4n) is 13.1. The largest absolute Gasteiger partial charge is 0.481 e. The number of aliphatic carboxylic acids is 1. The van der Waals surface area contributed by atoms with E-state index in [1.807, 2.05) is 0 Å². The molecular weight excluding hydrogens is 1440 g/mol. The molecule has 8 rings (SSSR count). The Hall–Kier alpha value is -1.27. The molecule has 4 saturated heterocycles. The zero-order valence-corrected chi connectivity index (χ0v) is 70.3. The van der Waals surface area contributed by atoms with E-state index in [4.69, 9.17) is 9.90 Å². The summed E-state index contributed by atoms with van der Waals surface area (Å²) in [6.45, 7) is 44.8. The van der Waals surface area contributed by atoms with Crippen molar-refractivity contribution in [2.45, 2.75) is 118 Å². The molecule has 4 aliphatic rings. The Kier molecular flexibility index (Phi) is 53.8. The maximum Gasteiger partial charge on any atom is 0.300 e. The molecule has 576 valence electrons. The molecule has 0 amide bonds. The molecule has 4 fully saturated rings. The third kappa shape index (κ3) is 42.9. The normalized spacial score (nSPS) is 20.5. The first-order valence-electron chi connectivity index (χ1n) is 37.3. The van der Waals surface area contributed by atoms with Crippen molar-refractivity contribution in [1.82, 2.24) is 79.5 Å². The highest BCUT2D eigenvalue weighted by Gasteiger charge is 2.19. The molecule has 101 heavy (non-hydrogen) atoms. The van der Waals surface area contributed by atoms with Crippen LogP contribution in [0.15, 0.2) is 97.1 Å². The van der Waals surface area contributed by atoms with Crippen LogP contribution >= 0.6 is 73.3 Å². The molecule has 0 aromatic heterocycles. The first kappa shape index (κ1) is 93.9. The molecule has 6 unspecified atom stereocenters. The van der Waals surface area contributed by atoms with E-state index in [-0.39, 0.29) is 29.9 Å². The van der Waals surface area contributed by atoms with E-state index in [2.05, 4.69) is 247 Å². The molecule has 4 aliphatic heterocycles. The first-order chi connectivity index (χ1) is 47.6. The van der Waals surface area contributed by atoms with E-state index in [1.54, 1.807) is 0 Å². The molecule has 9 N–H and O–H groups in total. The van der Waals surface area contributed by atoms with Crippen molar-refractivity contribution in [2.24, 2.45) is 0 Å². The molecule has 0 spiro atoms. The summed E-state index contributed by atoms with van der Waals surface area (Å²) in [5.41, 5.74) is 11.3. The third-order valence-corrected chi connectivity index (χ3v) is 22.1. The lowest BCUT2D eigenvalue weighted by molar-refractivity contribution is -0.134. The Balaban J connectivity index is 0.000000488. The van der Waals surface area contributed by atoms with E-state index in [9.17, 15) is 0 Å². The van der Waals surface area contributed by atoms with Crippen molar-refractivity contribution in [2.75, 3.05) is 209 Å². The number of nitrogens with zero attached hydrogens (tertiary/aromatic N) is 10. The Bertz CT molecular complexity index is 2530. The molecule has 4 aromatic carbocycles. The number of benzene rings is 4. The second-order valence-electron chi connectivity index (χ2n) is 27.6. The zero-order valence-electron chi connectivity index (χ0n) is 61.7. The lowest BCUT2D eigenvalue weighted by Gasteiger charge is -2.29. The van der Waals surface area contributed by atoms with Crippen molar-refractivity contribution in [3.63, 3.8) is 0 Å². The fraction of sp³-hybridized carbons (Fsp3) is 0.667. The summed E-state index contributed by atoms with van der Waals surface area (Å²) >= 11 is 0. The van der Waals surface area contributed by atoms with Gasteiger partial charge in [0, 0.05) is 189 Å². The fourth-order valence-corrected chi connectivity index (χ4v) is 14.9. The second kappa shape index (κ2) is 57.8. The van der Waals surface area contributed by atoms with Gasteiger partial charge < -0.3 is 42.5 Å². The maximum absolute atomic E-state index is 9.00. The number of carbonyl (C=O) groups is 1. The van der Waals surface area contributed by atoms with Crippen LogP contribution in [0.1, 0.15) is 136 Å². The minimum atomic E-state index is -0.833. The number of rotatable bonds is 12. The summed E-state index contributed by atoms with van der Waals surface area (Å²) in [6.07, 6.45) is 9.48. The summed E-state index contributed by atoms with van der Waals surface area (Å²) in [7, 11) is 17.7. The minimum absolute atomic E-state index is 0. The van der Waals surface area contributed by atoms with Crippen LogP contribution in [-0.4, -0.2) is 274 Å². The number of carboxylic acid groups (broad SMARTS) is 1. The monoisotopic (exact) mass is 1580 g/mol.